The van der Waals surface area contributed by atoms with Crippen molar-refractivity contribution >= 4 is 18.3 Å². The number of benzene rings is 1. The minimum Gasteiger partial charge on any atom is -0.494 e. The quantitative estimate of drug-likeness (QED) is 0.878. The molecular formula is C14H22ClFN2O2. The molecule has 2 atom stereocenters. The molecule has 4 nitrogen and oxygen atoms in total. The van der Waals surface area contributed by atoms with Crippen LogP contribution in [0.1, 0.15) is 32.4 Å². The van der Waals surface area contributed by atoms with Crippen molar-refractivity contribution in [3.8, 4) is 5.75 Å². The second kappa shape index (κ2) is 8.07. The van der Waals surface area contributed by atoms with Gasteiger partial charge in [0.05, 0.1) is 19.2 Å². The molecule has 1 rings (SSSR count). The van der Waals surface area contributed by atoms with Crippen molar-refractivity contribution in [2.75, 3.05) is 7.11 Å². The molecule has 0 aromatic heterocycles. The van der Waals surface area contributed by atoms with Gasteiger partial charge in [0.25, 0.3) is 0 Å². The summed E-state index contributed by atoms with van der Waals surface area (Å²) < 4.78 is 18.4. The van der Waals surface area contributed by atoms with Crippen LogP contribution in [0.5, 0.6) is 5.75 Å². The molecule has 0 radical (unpaired) electrons. The smallest absolute Gasteiger partial charge is 0.237 e. The first-order chi connectivity index (χ1) is 8.86. The highest BCUT2D eigenvalue weighted by atomic mass is 35.5. The summed E-state index contributed by atoms with van der Waals surface area (Å²) in [6.07, 6.45) is 0. The molecule has 0 saturated heterocycles. The summed E-state index contributed by atoms with van der Waals surface area (Å²) in [5.41, 5.74) is 6.42. The van der Waals surface area contributed by atoms with Crippen LogP contribution in [-0.4, -0.2) is 19.1 Å². The summed E-state index contributed by atoms with van der Waals surface area (Å²) in [7, 11) is 1.41. The number of hydrogen-bond acceptors (Lipinski definition) is 3. The van der Waals surface area contributed by atoms with Gasteiger partial charge in [-0.05, 0) is 30.5 Å². The molecule has 0 spiro atoms. The number of carbonyl (C=O) groups excluding carboxylic acids is 1. The minimum atomic E-state index is -0.564. The van der Waals surface area contributed by atoms with E-state index in [1.807, 2.05) is 13.8 Å². The number of halogens is 2. The van der Waals surface area contributed by atoms with Crippen LogP contribution in [0.15, 0.2) is 18.2 Å². The van der Waals surface area contributed by atoms with Crippen LogP contribution in [0.4, 0.5) is 4.39 Å². The SMILES string of the molecule is COc1ccc(C(C)NC(=O)[C@H](N)C(C)C)cc1F.Cl. The van der Waals surface area contributed by atoms with Gasteiger partial charge in [-0.25, -0.2) is 4.39 Å². The number of methoxy groups -OCH3 is 1. The maximum absolute atomic E-state index is 13.6. The average molecular weight is 305 g/mol. The maximum Gasteiger partial charge on any atom is 0.237 e. The second-order valence-corrected chi connectivity index (χ2v) is 4.89. The normalized spacial score (nSPS) is 13.3. The first kappa shape index (κ1) is 18.7. The molecule has 1 unspecified atom stereocenters. The molecule has 0 aliphatic carbocycles. The van der Waals surface area contributed by atoms with Crippen LogP contribution in [-0.2, 0) is 4.79 Å². The molecular weight excluding hydrogens is 283 g/mol. The Morgan fingerprint density at radius 1 is 1.35 bits per heavy atom. The Bertz CT molecular complexity index is 455. The third-order valence-corrected chi connectivity index (χ3v) is 3.06. The summed E-state index contributed by atoms with van der Waals surface area (Å²) in [6.45, 7) is 5.54. The third-order valence-electron chi connectivity index (χ3n) is 3.06. The van der Waals surface area contributed by atoms with Crippen molar-refractivity contribution in [1.29, 1.82) is 0 Å². The summed E-state index contributed by atoms with van der Waals surface area (Å²) in [5.74, 6) is -0.450. The zero-order valence-corrected chi connectivity index (χ0v) is 13.0. The van der Waals surface area contributed by atoms with Gasteiger partial charge in [0.1, 0.15) is 0 Å². The maximum atomic E-state index is 13.6. The lowest BCUT2D eigenvalue weighted by molar-refractivity contribution is -0.123. The van der Waals surface area contributed by atoms with E-state index in [-0.39, 0.29) is 36.0 Å². The standard InChI is InChI=1S/C14H21FN2O2.ClH/c1-8(2)13(16)14(18)17-9(3)10-5-6-12(19-4)11(15)7-10;/h5-9,13H,16H2,1-4H3,(H,17,18);1H/t9?,13-;/m1./s1. The Labute approximate surface area is 125 Å². The highest BCUT2D eigenvalue weighted by Gasteiger charge is 2.19. The van der Waals surface area contributed by atoms with Crippen LogP contribution in [0.2, 0.25) is 0 Å². The van der Waals surface area contributed by atoms with E-state index in [1.54, 1.807) is 13.0 Å². The molecule has 0 bridgehead atoms. The number of nitrogens with two attached hydrogens (primary N) is 1. The highest BCUT2D eigenvalue weighted by Crippen LogP contribution is 2.21. The predicted molar refractivity (Wildman–Crippen MR) is 79.6 cm³/mol. The van der Waals surface area contributed by atoms with Crippen molar-refractivity contribution < 1.29 is 13.9 Å². The van der Waals surface area contributed by atoms with Crippen LogP contribution in [0.25, 0.3) is 0 Å². The molecule has 1 aromatic carbocycles. The Hall–Kier alpha value is -1.33. The fraction of sp³-hybridized carbons (Fsp3) is 0.500. The van der Waals surface area contributed by atoms with Crippen molar-refractivity contribution in [1.82, 2.24) is 5.32 Å². The summed E-state index contributed by atoms with van der Waals surface area (Å²) >= 11 is 0. The topological polar surface area (TPSA) is 64.3 Å². The predicted octanol–water partition coefficient (Wildman–Crippen LogP) is 2.42. The largest absolute Gasteiger partial charge is 0.494 e. The van der Waals surface area contributed by atoms with E-state index < -0.39 is 11.9 Å². The van der Waals surface area contributed by atoms with Crippen molar-refractivity contribution in [2.45, 2.75) is 32.9 Å². The molecule has 3 N–H and O–H groups in total. The van der Waals surface area contributed by atoms with Crippen LogP contribution in [0.3, 0.4) is 0 Å². The zero-order chi connectivity index (χ0) is 14.6. The van der Waals surface area contributed by atoms with Crippen molar-refractivity contribution in [2.24, 2.45) is 11.7 Å². The third kappa shape index (κ3) is 4.65. The molecule has 114 valence electrons. The van der Waals surface area contributed by atoms with Crippen LogP contribution >= 0.6 is 12.4 Å². The average Bonchev–Trinajstić information content (AvgIpc) is 2.37. The lowest BCUT2D eigenvalue weighted by Gasteiger charge is -2.20. The Kier molecular flexibility index (Phi) is 7.53. The van der Waals surface area contributed by atoms with E-state index in [0.29, 0.717) is 5.56 Å². The van der Waals surface area contributed by atoms with E-state index in [9.17, 15) is 9.18 Å². The molecule has 0 aliphatic rings. The number of amides is 1. The van der Waals surface area contributed by atoms with Gasteiger partial charge in [-0.15, -0.1) is 12.4 Å². The second-order valence-electron chi connectivity index (χ2n) is 4.89. The molecule has 0 fully saturated rings. The zero-order valence-electron chi connectivity index (χ0n) is 12.1. The monoisotopic (exact) mass is 304 g/mol. The number of carbonyl (C=O) groups is 1. The molecule has 6 heteroatoms. The van der Waals surface area contributed by atoms with Crippen molar-refractivity contribution in [3.63, 3.8) is 0 Å². The Balaban J connectivity index is 0.00000361. The van der Waals surface area contributed by atoms with Gasteiger partial charge in [-0.3, -0.25) is 4.79 Å². The molecule has 0 heterocycles. The van der Waals surface area contributed by atoms with E-state index >= 15 is 0 Å². The van der Waals surface area contributed by atoms with E-state index in [2.05, 4.69) is 5.32 Å². The lowest BCUT2D eigenvalue weighted by Crippen LogP contribution is -2.44. The van der Waals surface area contributed by atoms with E-state index in [0.717, 1.165) is 0 Å². The van der Waals surface area contributed by atoms with Gasteiger partial charge in [-0.1, -0.05) is 19.9 Å². The fourth-order valence-electron chi connectivity index (χ4n) is 1.65. The summed E-state index contributed by atoms with van der Waals surface area (Å²) in [6, 6.07) is 3.73. The summed E-state index contributed by atoms with van der Waals surface area (Å²) in [4.78, 5) is 11.8. The highest BCUT2D eigenvalue weighted by molar-refractivity contribution is 5.85. The Morgan fingerprint density at radius 3 is 2.40 bits per heavy atom. The first-order valence-corrected chi connectivity index (χ1v) is 6.26. The van der Waals surface area contributed by atoms with Gasteiger partial charge in [0.15, 0.2) is 11.6 Å². The summed E-state index contributed by atoms with van der Waals surface area (Å²) in [5, 5.41) is 2.77. The molecule has 1 aromatic rings. The number of hydrogen-bond donors (Lipinski definition) is 2. The van der Waals surface area contributed by atoms with Gasteiger partial charge >= 0.3 is 0 Å². The first-order valence-electron chi connectivity index (χ1n) is 6.26. The van der Waals surface area contributed by atoms with Gasteiger partial charge in [-0.2, -0.15) is 0 Å². The van der Waals surface area contributed by atoms with E-state index in [1.165, 1.54) is 19.2 Å². The molecule has 0 saturated carbocycles. The van der Waals surface area contributed by atoms with Gasteiger partial charge in [0.2, 0.25) is 5.91 Å². The van der Waals surface area contributed by atoms with Crippen LogP contribution < -0.4 is 15.8 Å². The van der Waals surface area contributed by atoms with Crippen LogP contribution in [0, 0.1) is 11.7 Å². The Morgan fingerprint density at radius 2 is 1.95 bits per heavy atom. The lowest BCUT2D eigenvalue weighted by atomic mass is 10.0. The van der Waals surface area contributed by atoms with Crippen molar-refractivity contribution in [3.05, 3.63) is 29.6 Å². The molecule has 1 amide bonds. The molecule has 0 aliphatic heterocycles. The van der Waals surface area contributed by atoms with Gasteiger partial charge < -0.3 is 15.8 Å². The van der Waals surface area contributed by atoms with E-state index in [4.69, 9.17) is 10.5 Å². The number of rotatable bonds is 5. The molecule has 20 heavy (non-hydrogen) atoms. The van der Waals surface area contributed by atoms with Gasteiger partial charge in [0, 0.05) is 0 Å². The fourth-order valence-corrected chi connectivity index (χ4v) is 1.65. The number of nitrogens with one attached hydrogen (secondary N) is 1. The number of ether oxygens (including phenoxy) is 1. The minimum absolute atomic E-state index is 0.